The van der Waals surface area contributed by atoms with Gasteiger partial charge in [-0.15, -0.1) is 11.3 Å². The Bertz CT molecular complexity index is 508. The molecule has 0 saturated carbocycles. The van der Waals surface area contributed by atoms with Gasteiger partial charge in [0.05, 0.1) is 10.7 Å². The maximum atomic E-state index is 5.84. The SMILES string of the molecule is CCc1nc(COc2cccc(C(C)N)c2)cs1. The van der Waals surface area contributed by atoms with E-state index in [1.54, 1.807) is 11.3 Å². The maximum Gasteiger partial charge on any atom is 0.131 e. The Morgan fingerprint density at radius 2 is 2.28 bits per heavy atom. The maximum absolute atomic E-state index is 5.84. The van der Waals surface area contributed by atoms with Gasteiger partial charge in [-0.25, -0.2) is 4.98 Å². The molecule has 0 bridgehead atoms. The lowest BCUT2D eigenvalue weighted by atomic mass is 10.1. The Morgan fingerprint density at radius 3 is 2.94 bits per heavy atom. The molecule has 1 unspecified atom stereocenters. The highest BCUT2D eigenvalue weighted by atomic mass is 32.1. The molecule has 1 heterocycles. The zero-order chi connectivity index (χ0) is 13.0. The van der Waals surface area contributed by atoms with Crippen molar-refractivity contribution in [2.24, 2.45) is 5.73 Å². The highest BCUT2D eigenvalue weighted by Gasteiger charge is 2.03. The van der Waals surface area contributed by atoms with E-state index in [-0.39, 0.29) is 6.04 Å². The summed E-state index contributed by atoms with van der Waals surface area (Å²) in [5.74, 6) is 0.843. The summed E-state index contributed by atoms with van der Waals surface area (Å²) in [6, 6.07) is 7.93. The first-order chi connectivity index (χ1) is 8.69. The number of hydrogen-bond donors (Lipinski definition) is 1. The van der Waals surface area contributed by atoms with Gasteiger partial charge in [0, 0.05) is 11.4 Å². The summed E-state index contributed by atoms with van der Waals surface area (Å²) in [7, 11) is 0. The van der Waals surface area contributed by atoms with Gasteiger partial charge in [-0.3, -0.25) is 0 Å². The molecular formula is C14H18N2OS. The van der Waals surface area contributed by atoms with Crippen molar-refractivity contribution in [3.05, 3.63) is 45.9 Å². The first-order valence-corrected chi connectivity index (χ1v) is 6.98. The van der Waals surface area contributed by atoms with Crippen LogP contribution in [0.3, 0.4) is 0 Å². The quantitative estimate of drug-likeness (QED) is 0.899. The zero-order valence-electron chi connectivity index (χ0n) is 10.7. The van der Waals surface area contributed by atoms with Gasteiger partial charge in [0.2, 0.25) is 0 Å². The summed E-state index contributed by atoms with van der Waals surface area (Å²) in [6.07, 6.45) is 0.977. The number of hydrogen-bond acceptors (Lipinski definition) is 4. The van der Waals surface area contributed by atoms with E-state index in [1.807, 2.05) is 36.6 Å². The van der Waals surface area contributed by atoms with Crippen LogP contribution in [0.4, 0.5) is 0 Å². The van der Waals surface area contributed by atoms with Gasteiger partial charge in [0.25, 0.3) is 0 Å². The second-order valence-electron chi connectivity index (χ2n) is 4.24. The van der Waals surface area contributed by atoms with Crippen LogP contribution in [0.25, 0.3) is 0 Å². The molecule has 3 nitrogen and oxygen atoms in total. The highest BCUT2D eigenvalue weighted by molar-refractivity contribution is 7.09. The van der Waals surface area contributed by atoms with Crippen molar-refractivity contribution in [2.75, 3.05) is 0 Å². The second kappa shape index (κ2) is 5.98. The molecule has 0 aliphatic rings. The third kappa shape index (κ3) is 3.31. The fourth-order valence-electron chi connectivity index (χ4n) is 1.62. The molecule has 1 aromatic carbocycles. The second-order valence-corrected chi connectivity index (χ2v) is 5.18. The van der Waals surface area contributed by atoms with Gasteiger partial charge in [-0.2, -0.15) is 0 Å². The highest BCUT2D eigenvalue weighted by Crippen LogP contribution is 2.19. The van der Waals surface area contributed by atoms with E-state index in [2.05, 4.69) is 11.9 Å². The molecule has 1 atom stereocenters. The van der Waals surface area contributed by atoms with Crippen LogP contribution in [0.1, 0.15) is 36.2 Å². The number of ether oxygens (including phenoxy) is 1. The molecule has 0 aliphatic carbocycles. The van der Waals surface area contributed by atoms with Crippen LogP contribution in [-0.2, 0) is 13.0 Å². The molecule has 2 rings (SSSR count). The van der Waals surface area contributed by atoms with Crippen LogP contribution in [0.5, 0.6) is 5.75 Å². The first kappa shape index (κ1) is 13.1. The molecule has 0 amide bonds. The normalized spacial score (nSPS) is 12.4. The van der Waals surface area contributed by atoms with E-state index in [1.165, 1.54) is 0 Å². The molecule has 0 fully saturated rings. The lowest BCUT2D eigenvalue weighted by Crippen LogP contribution is -2.05. The monoisotopic (exact) mass is 262 g/mol. The van der Waals surface area contributed by atoms with Gasteiger partial charge >= 0.3 is 0 Å². The van der Waals surface area contributed by atoms with Crippen LogP contribution in [0.15, 0.2) is 29.6 Å². The Hall–Kier alpha value is -1.39. The molecule has 0 radical (unpaired) electrons. The third-order valence-corrected chi connectivity index (χ3v) is 3.71. The van der Waals surface area contributed by atoms with Gasteiger partial charge in [-0.1, -0.05) is 19.1 Å². The van der Waals surface area contributed by atoms with Gasteiger partial charge in [0.1, 0.15) is 12.4 Å². The van der Waals surface area contributed by atoms with E-state index in [9.17, 15) is 0 Å². The molecule has 96 valence electrons. The van der Waals surface area contributed by atoms with E-state index in [4.69, 9.17) is 10.5 Å². The standard InChI is InChI=1S/C14H18N2OS/c1-3-14-16-12(9-18-14)8-17-13-6-4-5-11(7-13)10(2)15/h4-7,9-10H,3,8,15H2,1-2H3. The first-order valence-electron chi connectivity index (χ1n) is 6.10. The van der Waals surface area contributed by atoms with Crippen molar-refractivity contribution < 1.29 is 4.74 Å². The Morgan fingerprint density at radius 1 is 1.44 bits per heavy atom. The molecule has 1 aromatic heterocycles. The van der Waals surface area contributed by atoms with Crippen LogP contribution < -0.4 is 10.5 Å². The minimum atomic E-state index is 0.0273. The number of nitrogens with zero attached hydrogens (tertiary/aromatic N) is 1. The summed E-state index contributed by atoms with van der Waals surface area (Å²) >= 11 is 1.68. The number of nitrogens with two attached hydrogens (primary N) is 1. The van der Waals surface area contributed by atoms with Crippen molar-refractivity contribution in [3.63, 3.8) is 0 Å². The lowest BCUT2D eigenvalue weighted by Gasteiger charge is -2.09. The third-order valence-electron chi connectivity index (χ3n) is 2.67. The molecule has 0 aliphatic heterocycles. The largest absolute Gasteiger partial charge is 0.487 e. The number of thiazole rings is 1. The van der Waals surface area contributed by atoms with Crippen LogP contribution >= 0.6 is 11.3 Å². The molecule has 18 heavy (non-hydrogen) atoms. The Kier molecular flexibility index (Phi) is 4.33. The molecule has 0 saturated heterocycles. The van der Waals surface area contributed by atoms with E-state index in [0.29, 0.717) is 6.61 Å². The molecular weight excluding hydrogens is 244 g/mol. The van der Waals surface area contributed by atoms with Gasteiger partial charge < -0.3 is 10.5 Å². The van der Waals surface area contributed by atoms with Crippen LogP contribution in [0, 0.1) is 0 Å². The predicted octanol–water partition coefficient (Wildman–Crippen LogP) is 3.30. The number of benzene rings is 1. The number of aryl methyl sites for hydroxylation is 1. The smallest absolute Gasteiger partial charge is 0.131 e. The fourth-order valence-corrected chi connectivity index (χ4v) is 2.35. The van der Waals surface area contributed by atoms with Crippen molar-refractivity contribution in [1.82, 2.24) is 4.98 Å². The van der Waals surface area contributed by atoms with Crippen molar-refractivity contribution >= 4 is 11.3 Å². The van der Waals surface area contributed by atoms with Crippen molar-refractivity contribution in [1.29, 1.82) is 0 Å². The summed E-state index contributed by atoms with van der Waals surface area (Å²) in [4.78, 5) is 4.47. The van der Waals surface area contributed by atoms with Crippen LogP contribution in [0.2, 0.25) is 0 Å². The van der Waals surface area contributed by atoms with Gasteiger partial charge in [0.15, 0.2) is 0 Å². The molecule has 0 spiro atoms. The zero-order valence-corrected chi connectivity index (χ0v) is 11.5. The lowest BCUT2D eigenvalue weighted by molar-refractivity contribution is 0.301. The van der Waals surface area contributed by atoms with E-state index < -0.39 is 0 Å². The average Bonchev–Trinajstić information content (AvgIpc) is 2.84. The average molecular weight is 262 g/mol. The fraction of sp³-hybridized carbons (Fsp3) is 0.357. The molecule has 2 aromatic rings. The summed E-state index contributed by atoms with van der Waals surface area (Å²) < 4.78 is 5.73. The van der Waals surface area contributed by atoms with Gasteiger partial charge in [-0.05, 0) is 31.0 Å². The van der Waals surface area contributed by atoms with Crippen molar-refractivity contribution in [3.8, 4) is 5.75 Å². The summed E-state index contributed by atoms with van der Waals surface area (Å²) in [5, 5.41) is 3.20. The predicted molar refractivity (Wildman–Crippen MR) is 74.9 cm³/mol. The van der Waals surface area contributed by atoms with E-state index >= 15 is 0 Å². The topological polar surface area (TPSA) is 48.1 Å². The molecule has 2 N–H and O–H groups in total. The minimum absolute atomic E-state index is 0.0273. The Labute approximate surface area is 112 Å². The van der Waals surface area contributed by atoms with Crippen LogP contribution in [-0.4, -0.2) is 4.98 Å². The number of aromatic nitrogens is 1. The Balaban J connectivity index is 1.99. The number of rotatable bonds is 5. The van der Waals surface area contributed by atoms with E-state index in [0.717, 1.165) is 28.4 Å². The minimum Gasteiger partial charge on any atom is -0.487 e. The molecule has 4 heteroatoms. The summed E-state index contributed by atoms with van der Waals surface area (Å²) in [5.41, 5.74) is 7.92. The van der Waals surface area contributed by atoms with Crippen molar-refractivity contribution in [2.45, 2.75) is 32.9 Å². The summed E-state index contributed by atoms with van der Waals surface area (Å²) in [6.45, 7) is 4.58.